The van der Waals surface area contributed by atoms with Crippen molar-refractivity contribution in [2.24, 2.45) is 0 Å². The molecule has 2 atom stereocenters. The Morgan fingerprint density at radius 1 is 1.03 bits per heavy atom. The predicted molar refractivity (Wildman–Crippen MR) is 123 cm³/mol. The van der Waals surface area contributed by atoms with Gasteiger partial charge in [0.25, 0.3) is 11.3 Å². The second kappa shape index (κ2) is 8.91. The van der Waals surface area contributed by atoms with Gasteiger partial charge in [0.2, 0.25) is 0 Å². The van der Waals surface area contributed by atoms with Crippen LogP contribution in [0.3, 0.4) is 0 Å². The third-order valence-corrected chi connectivity index (χ3v) is 6.77. The molecule has 32 heavy (non-hydrogen) atoms. The quantitative estimate of drug-likeness (QED) is 0.421. The van der Waals surface area contributed by atoms with Crippen LogP contribution in [0.25, 0.3) is 28.2 Å². The summed E-state index contributed by atoms with van der Waals surface area (Å²) in [6.45, 7) is 0. The number of fused-ring (bicyclic) bond motifs is 1. The maximum Gasteiger partial charge on any atom is 0.262 e. The van der Waals surface area contributed by atoms with Crippen molar-refractivity contribution in [3.8, 4) is 22.5 Å². The number of hydrogen-bond acceptors (Lipinski definition) is 6. The molecule has 5 rings (SSSR count). The SMILES string of the molecule is COS(=O)c1ccc(-c2cnc3ccc(-c4cccc(NS(=O)OC5CC5)c4)nn23)cc1. The van der Waals surface area contributed by atoms with E-state index >= 15 is 0 Å². The lowest BCUT2D eigenvalue weighted by Crippen LogP contribution is -2.09. The molecule has 0 amide bonds. The monoisotopic (exact) mass is 468 g/mol. The lowest BCUT2D eigenvalue weighted by molar-refractivity contribution is 0.336. The molecule has 0 saturated heterocycles. The highest BCUT2D eigenvalue weighted by atomic mass is 32.2. The molecule has 0 radical (unpaired) electrons. The van der Waals surface area contributed by atoms with E-state index in [4.69, 9.17) is 13.5 Å². The third kappa shape index (κ3) is 4.49. The van der Waals surface area contributed by atoms with E-state index in [0.717, 1.165) is 35.4 Å². The van der Waals surface area contributed by atoms with Crippen LogP contribution in [0.2, 0.25) is 0 Å². The molecule has 1 aliphatic rings. The molecular formula is C22H20N4O4S2. The summed E-state index contributed by atoms with van der Waals surface area (Å²) in [4.78, 5) is 5.03. The second-order valence-electron chi connectivity index (χ2n) is 7.27. The van der Waals surface area contributed by atoms with Gasteiger partial charge in [-0.25, -0.2) is 17.9 Å². The largest absolute Gasteiger partial charge is 0.290 e. The van der Waals surface area contributed by atoms with Crippen LogP contribution in [0, 0.1) is 0 Å². The Kier molecular flexibility index (Phi) is 5.83. The number of benzene rings is 2. The van der Waals surface area contributed by atoms with E-state index in [9.17, 15) is 8.42 Å². The summed E-state index contributed by atoms with van der Waals surface area (Å²) in [5, 5.41) is 4.77. The Morgan fingerprint density at radius 3 is 2.59 bits per heavy atom. The van der Waals surface area contributed by atoms with Crippen LogP contribution < -0.4 is 4.72 Å². The van der Waals surface area contributed by atoms with Crippen molar-refractivity contribution in [3.05, 3.63) is 66.9 Å². The molecule has 1 N–H and O–H groups in total. The highest BCUT2D eigenvalue weighted by Crippen LogP contribution is 2.27. The van der Waals surface area contributed by atoms with Crippen LogP contribution >= 0.6 is 0 Å². The van der Waals surface area contributed by atoms with Crippen molar-refractivity contribution in [1.29, 1.82) is 0 Å². The van der Waals surface area contributed by atoms with E-state index in [2.05, 4.69) is 9.71 Å². The van der Waals surface area contributed by atoms with E-state index < -0.39 is 22.3 Å². The minimum Gasteiger partial charge on any atom is -0.290 e. The average Bonchev–Trinajstić information content (AvgIpc) is 3.53. The molecule has 0 aliphatic heterocycles. The van der Waals surface area contributed by atoms with Gasteiger partial charge in [0, 0.05) is 16.8 Å². The van der Waals surface area contributed by atoms with E-state index in [1.54, 1.807) is 22.8 Å². The fraction of sp³-hybridized carbons (Fsp3) is 0.182. The van der Waals surface area contributed by atoms with Crippen molar-refractivity contribution < 1.29 is 16.8 Å². The molecule has 2 aromatic carbocycles. The first kappa shape index (κ1) is 21.0. The van der Waals surface area contributed by atoms with Crippen LogP contribution in [0.1, 0.15) is 12.8 Å². The van der Waals surface area contributed by atoms with Crippen LogP contribution in [0.4, 0.5) is 5.69 Å². The van der Waals surface area contributed by atoms with Crippen LogP contribution in [-0.4, -0.2) is 36.2 Å². The van der Waals surface area contributed by atoms with Gasteiger partial charge in [-0.3, -0.25) is 13.1 Å². The number of nitrogens with zero attached hydrogens (tertiary/aromatic N) is 3. The zero-order valence-electron chi connectivity index (χ0n) is 17.1. The molecule has 2 heterocycles. The minimum absolute atomic E-state index is 0.0961. The van der Waals surface area contributed by atoms with Gasteiger partial charge in [-0.1, -0.05) is 24.3 Å². The molecule has 1 aliphatic carbocycles. The zero-order chi connectivity index (χ0) is 22.1. The normalized spacial score (nSPS) is 15.5. The summed E-state index contributed by atoms with van der Waals surface area (Å²) in [6.07, 6.45) is 3.76. The molecule has 1 saturated carbocycles. The van der Waals surface area contributed by atoms with Crippen molar-refractivity contribution in [2.45, 2.75) is 23.8 Å². The fourth-order valence-corrected chi connectivity index (χ4v) is 4.57. The Bertz CT molecular complexity index is 1320. The lowest BCUT2D eigenvalue weighted by Gasteiger charge is -2.08. The van der Waals surface area contributed by atoms with Crippen molar-refractivity contribution in [2.75, 3.05) is 11.8 Å². The topological polar surface area (TPSA) is 94.8 Å². The summed E-state index contributed by atoms with van der Waals surface area (Å²) in [7, 11) is 1.41. The van der Waals surface area contributed by atoms with Gasteiger partial charge in [0.1, 0.15) is 0 Å². The van der Waals surface area contributed by atoms with E-state index in [1.807, 2.05) is 48.5 Å². The van der Waals surface area contributed by atoms with Gasteiger partial charge in [0.05, 0.1) is 35.7 Å². The van der Waals surface area contributed by atoms with Crippen molar-refractivity contribution in [1.82, 2.24) is 14.6 Å². The first-order valence-corrected chi connectivity index (χ1v) is 12.1. The van der Waals surface area contributed by atoms with E-state index in [1.165, 1.54) is 7.11 Å². The standard InChI is InChI=1S/C22H20N4O4S2/c1-29-31(27)19-9-5-15(6-10-19)21-14-23-22-12-11-20(24-26(21)22)16-3-2-4-17(13-16)25-32(28)30-18-7-8-18/h2-6,9-14,18,25H,7-8H2,1H3. The summed E-state index contributed by atoms with van der Waals surface area (Å²) >= 11 is -3.05. The Hall–Kier alpha value is -2.92. The Labute approximate surface area is 190 Å². The molecule has 10 heteroatoms. The smallest absolute Gasteiger partial charge is 0.262 e. The molecule has 2 unspecified atom stereocenters. The maximum atomic E-state index is 12.1. The number of hydrogen-bond donors (Lipinski definition) is 1. The van der Waals surface area contributed by atoms with Gasteiger partial charge < -0.3 is 0 Å². The van der Waals surface area contributed by atoms with Crippen molar-refractivity contribution in [3.63, 3.8) is 0 Å². The Balaban J connectivity index is 1.44. The highest BCUT2D eigenvalue weighted by Gasteiger charge is 2.25. The van der Waals surface area contributed by atoms with Gasteiger partial charge in [-0.05, 0) is 49.2 Å². The molecular weight excluding hydrogens is 448 g/mol. The third-order valence-electron chi connectivity index (χ3n) is 4.96. The predicted octanol–water partition coefficient (Wildman–Crippen LogP) is 3.90. The number of anilines is 1. The summed E-state index contributed by atoms with van der Waals surface area (Å²) in [6, 6.07) is 18.6. The molecule has 164 valence electrons. The van der Waals surface area contributed by atoms with Crippen LogP contribution in [0.5, 0.6) is 0 Å². The van der Waals surface area contributed by atoms with Gasteiger partial charge >= 0.3 is 0 Å². The molecule has 0 spiro atoms. The molecule has 0 bridgehead atoms. The highest BCUT2D eigenvalue weighted by molar-refractivity contribution is 7.81. The summed E-state index contributed by atoms with van der Waals surface area (Å²) in [5.74, 6) is 0. The lowest BCUT2D eigenvalue weighted by atomic mass is 10.1. The molecule has 4 aromatic rings. The maximum absolute atomic E-state index is 12.1. The average molecular weight is 469 g/mol. The number of rotatable bonds is 8. The first-order valence-electron chi connectivity index (χ1n) is 9.98. The van der Waals surface area contributed by atoms with Crippen molar-refractivity contribution >= 4 is 33.7 Å². The first-order chi connectivity index (χ1) is 15.6. The zero-order valence-corrected chi connectivity index (χ0v) is 18.8. The second-order valence-corrected chi connectivity index (χ2v) is 9.41. The van der Waals surface area contributed by atoms with Gasteiger partial charge in [0.15, 0.2) is 16.7 Å². The number of nitrogens with one attached hydrogen (secondary N) is 1. The molecule has 1 fully saturated rings. The van der Waals surface area contributed by atoms with Gasteiger partial charge in [-0.2, -0.15) is 5.10 Å². The van der Waals surface area contributed by atoms with E-state index in [0.29, 0.717) is 16.2 Å². The number of imidazole rings is 1. The number of aromatic nitrogens is 3. The molecule has 8 nitrogen and oxygen atoms in total. The summed E-state index contributed by atoms with van der Waals surface area (Å²) < 4.78 is 38.7. The minimum atomic E-state index is -1.57. The Morgan fingerprint density at radius 2 is 1.84 bits per heavy atom. The van der Waals surface area contributed by atoms with Crippen LogP contribution in [0.15, 0.2) is 71.8 Å². The van der Waals surface area contributed by atoms with Gasteiger partial charge in [-0.15, -0.1) is 0 Å². The summed E-state index contributed by atoms with van der Waals surface area (Å²) in [5.41, 5.74) is 4.71. The van der Waals surface area contributed by atoms with Crippen LogP contribution in [-0.2, 0) is 30.7 Å². The fourth-order valence-electron chi connectivity index (χ4n) is 3.21. The van der Waals surface area contributed by atoms with E-state index in [-0.39, 0.29) is 6.10 Å². The molecule has 2 aromatic heterocycles.